The molecule has 6 heteroatoms. The lowest BCUT2D eigenvalue weighted by Crippen LogP contribution is -2.47. The van der Waals surface area contributed by atoms with Crippen molar-refractivity contribution in [2.75, 3.05) is 6.61 Å². The number of cyclic esters (lactones) is 1. The summed E-state index contributed by atoms with van der Waals surface area (Å²) in [5, 5.41) is 4.26. The molecule has 2 aliphatic heterocycles. The van der Waals surface area contributed by atoms with Gasteiger partial charge in [0.2, 0.25) is 5.91 Å². The molecule has 0 aromatic heterocycles. The first kappa shape index (κ1) is 20.1. The van der Waals surface area contributed by atoms with Crippen molar-refractivity contribution in [1.29, 1.82) is 0 Å². The van der Waals surface area contributed by atoms with Gasteiger partial charge in [0.25, 0.3) is 0 Å². The van der Waals surface area contributed by atoms with Gasteiger partial charge in [-0.25, -0.2) is 9.69 Å². The fourth-order valence-electron chi connectivity index (χ4n) is 4.50. The molecule has 0 saturated carbocycles. The van der Waals surface area contributed by atoms with Gasteiger partial charge in [0.05, 0.1) is 6.04 Å². The number of ether oxygens (including phenoxy) is 1. The maximum Gasteiger partial charge on any atom is 0.417 e. The number of rotatable bonds is 4. The number of aryl methyl sites for hydroxylation is 3. The highest BCUT2D eigenvalue weighted by molar-refractivity contribution is 6.17. The number of hydrogen-bond donors (Lipinski definition) is 0. The molecule has 0 aliphatic carbocycles. The Bertz CT molecular complexity index is 992. The molecule has 2 aromatic rings. The van der Waals surface area contributed by atoms with E-state index < -0.39 is 18.1 Å². The minimum atomic E-state index is -0.658. The summed E-state index contributed by atoms with van der Waals surface area (Å²) in [7, 11) is 0. The fourth-order valence-corrected chi connectivity index (χ4v) is 4.50. The molecule has 3 atom stereocenters. The van der Waals surface area contributed by atoms with Crippen LogP contribution in [-0.2, 0) is 20.8 Å². The van der Waals surface area contributed by atoms with Crippen LogP contribution >= 0.6 is 0 Å². The molecule has 0 radical (unpaired) electrons. The zero-order chi connectivity index (χ0) is 21.4. The normalized spacial score (nSPS) is 23.2. The molecular formula is C24H26N2O4. The van der Waals surface area contributed by atoms with Gasteiger partial charge < -0.3 is 9.57 Å². The van der Waals surface area contributed by atoms with E-state index in [-0.39, 0.29) is 18.6 Å². The van der Waals surface area contributed by atoms with Crippen molar-refractivity contribution in [1.82, 2.24) is 4.90 Å². The van der Waals surface area contributed by atoms with Crippen LogP contribution in [0.1, 0.15) is 34.7 Å². The molecule has 0 unspecified atom stereocenters. The van der Waals surface area contributed by atoms with Crippen LogP contribution < -0.4 is 0 Å². The van der Waals surface area contributed by atoms with Crippen molar-refractivity contribution >= 4 is 17.7 Å². The van der Waals surface area contributed by atoms with Gasteiger partial charge in [-0.1, -0.05) is 53.2 Å². The summed E-state index contributed by atoms with van der Waals surface area (Å²) in [5.74, 6) is -0.976. The summed E-state index contributed by atoms with van der Waals surface area (Å²) in [4.78, 5) is 32.9. The number of imide groups is 1. The second-order valence-corrected chi connectivity index (χ2v) is 8.17. The van der Waals surface area contributed by atoms with E-state index >= 15 is 0 Å². The average Bonchev–Trinajstić information content (AvgIpc) is 3.24. The molecule has 2 amide bonds. The second-order valence-electron chi connectivity index (χ2n) is 8.17. The van der Waals surface area contributed by atoms with Crippen LogP contribution in [-0.4, -0.2) is 41.4 Å². The van der Waals surface area contributed by atoms with Crippen LogP contribution in [0.2, 0.25) is 0 Å². The summed E-state index contributed by atoms with van der Waals surface area (Å²) >= 11 is 0. The lowest BCUT2D eigenvalue weighted by atomic mass is 9.86. The fraction of sp³-hybridized carbons (Fsp3) is 0.375. The Morgan fingerprint density at radius 3 is 2.47 bits per heavy atom. The number of amides is 2. The summed E-state index contributed by atoms with van der Waals surface area (Å²) in [5.41, 5.74) is 5.76. The monoisotopic (exact) mass is 406 g/mol. The van der Waals surface area contributed by atoms with Crippen LogP contribution in [0.5, 0.6) is 0 Å². The zero-order valence-corrected chi connectivity index (χ0v) is 17.7. The van der Waals surface area contributed by atoms with Crippen molar-refractivity contribution in [3.8, 4) is 0 Å². The average molecular weight is 406 g/mol. The molecule has 2 aliphatic rings. The Balaban J connectivity index is 1.65. The van der Waals surface area contributed by atoms with Crippen LogP contribution in [0.4, 0.5) is 4.79 Å². The van der Waals surface area contributed by atoms with Gasteiger partial charge in [0, 0.05) is 5.56 Å². The van der Waals surface area contributed by atoms with E-state index in [1.54, 1.807) is 0 Å². The molecule has 2 aromatic carbocycles. The first-order chi connectivity index (χ1) is 14.4. The van der Waals surface area contributed by atoms with Gasteiger partial charge in [-0.05, 0) is 50.8 Å². The Kier molecular flexibility index (Phi) is 5.33. The molecule has 0 spiro atoms. The molecule has 6 nitrogen and oxygen atoms in total. The number of hydrogen-bond acceptors (Lipinski definition) is 5. The predicted octanol–water partition coefficient (Wildman–Crippen LogP) is 3.94. The van der Waals surface area contributed by atoms with Gasteiger partial charge in [-0.15, -0.1) is 0 Å². The SMILES string of the molecule is Cc1cc(C)c(C2=NO[C@@H](C)[C@@H]2C(=O)N2C(=O)OC[C@@H]2Cc2ccccc2)c(C)c1. The van der Waals surface area contributed by atoms with Crippen LogP contribution in [0.3, 0.4) is 0 Å². The smallest absolute Gasteiger partial charge is 0.417 e. The van der Waals surface area contributed by atoms with Crippen molar-refractivity contribution < 1.29 is 19.2 Å². The van der Waals surface area contributed by atoms with Gasteiger partial charge in [-0.3, -0.25) is 4.79 Å². The van der Waals surface area contributed by atoms with Crippen molar-refractivity contribution in [3.05, 3.63) is 70.3 Å². The van der Waals surface area contributed by atoms with Gasteiger partial charge in [-0.2, -0.15) is 0 Å². The van der Waals surface area contributed by atoms with Crippen LogP contribution in [0, 0.1) is 26.7 Å². The van der Waals surface area contributed by atoms with E-state index in [0.29, 0.717) is 12.1 Å². The van der Waals surface area contributed by atoms with Crippen molar-refractivity contribution in [3.63, 3.8) is 0 Å². The standard InChI is InChI=1S/C24H26N2O4/c1-14-10-15(2)20(16(3)11-14)22-21(17(4)30-25-22)23(27)26-19(13-29-24(26)28)12-18-8-6-5-7-9-18/h5-11,17,19,21H,12-13H2,1-4H3/t17-,19-,21-/m0/s1. The largest absolute Gasteiger partial charge is 0.447 e. The third kappa shape index (κ3) is 3.58. The Morgan fingerprint density at radius 2 is 1.80 bits per heavy atom. The Hall–Kier alpha value is -3.15. The topological polar surface area (TPSA) is 68.2 Å². The van der Waals surface area contributed by atoms with E-state index in [1.807, 2.05) is 58.0 Å². The first-order valence-corrected chi connectivity index (χ1v) is 10.2. The quantitative estimate of drug-likeness (QED) is 0.771. The Morgan fingerprint density at radius 1 is 1.13 bits per heavy atom. The van der Waals surface area contributed by atoms with Crippen molar-refractivity contribution in [2.24, 2.45) is 11.1 Å². The Labute approximate surface area is 176 Å². The minimum absolute atomic E-state index is 0.191. The van der Waals surface area contributed by atoms with E-state index in [0.717, 1.165) is 27.8 Å². The zero-order valence-electron chi connectivity index (χ0n) is 17.7. The second kappa shape index (κ2) is 7.94. The highest BCUT2D eigenvalue weighted by Crippen LogP contribution is 2.31. The van der Waals surface area contributed by atoms with Crippen LogP contribution in [0.15, 0.2) is 47.6 Å². The highest BCUT2D eigenvalue weighted by atomic mass is 16.6. The summed E-state index contributed by atoms with van der Waals surface area (Å²) in [6, 6.07) is 13.6. The lowest BCUT2D eigenvalue weighted by Gasteiger charge is -2.25. The summed E-state index contributed by atoms with van der Waals surface area (Å²) in [6.45, 7) is 8.05. The number of carbonyl (C=O) groups is 2. The van der Waals surface area contributed by atoms with E-state index in [2.05, 4.69) is 17.3 Å². The summed E-state index contributed by atoms with van der Waals surface area (Å²) < 4.78 is 5.26. The maximum atomic E-state index is 13.6. The number of carbonyl (C=O) groups excluding carboxylic acids is 2. The van der Waals surface area contributed by atoms with Gasteiger partial charge in [0.15, 0.2) is 0 Å². The predicted molar refractivity (Wildman–Crippen MR) is 113 cm³/mol. The highest BCUT2D eigenvalue weighted by Gasteiger charge is 2.47. The molecule has 1 saturated heterocycles. The van der Waals surface area contributed by atoms with E-state index in [4.69, 9.17) is 9.57 Å². The van der Waals surface area contributed by atoms with E-state index in [9.17, 15) is 9.59 Å². The number of benzene rings is 2. The van der Waals surface area contributed by atoms with Gasteiger partial charge >= 0.3 is 6.09 Å². The maximum absolute atomic E-state index is 13.6. The molecule has 30 heavy (non-hydrogen) atoms. The van der Waals surface area contributed by atoms with Crippen LogP contribution in [0.25, 0.3) is 0 Å². The minimum Gasteiger partial charge on any atom is -0.447 e. The molecule has 0 N–H and O–H groups in total. The first-order valence-electron chi connectivity index (χ1n) is 10.2. The van der Waals surface area contributed by atoms with E-state index in [1.165, 1.54) is 4.90 Å². The third-order valence-electron chi connectivity index (χ3n) is 5.79. The molecule has 156 valence electrons. The van der Waals surface area contributed by atoms with Crippen molar-refractivity contribution in [2.45, 2.75) is 46.3 Å². The van der Waals surface area contributed by atoms with Gasteiger partial charge in [0.1, 0.15) is 24.3 Å². The summed E-state index contributed by atoms with van der Waals surface area (Å²) in [6.07, 6.45) is -0.509. The molecular weight excluding hydrogens is 380 g/mol. The molecule has 0 bridgehead atoms. The molecule has 2 heterocycles. The molecule has 4 rings (SSSR count). The number of nitrogens with zero attached hydrogens (tertiary/aromatic N) is 2. The number of oxime groups is 1. The lowest BCUT2D eigenvalue weighted by molar-refractivity contribution is -0.133. The third-order valence-corrected chi connectivity index (χ3v) is 5.79. The molecule has 1 fully saturated rings.